The summed E-state index contributed by atoms with van der Waals surface area (Å²) in [5.41, 5.74) is 3.25. The Kier molecular flexibility index (Phi) is 3.60. The lowest BCUT2D eigenvalue weighted by Gasteiger charge is -2.25. The lowest BCUT2D eigenvalue weighted by Crippen LogP contribution is -2.36. The van der Waals surface area contributed by atoms with Crippen molar-refractivity contribution in [3.05, 3.63) is 34.3 Å². The zero-order valence-corrected chi connectivity index (χ0v) is 13.9. The van der Waals surface area contributed by atoms with Crippen LogP contribution in [0.4, 0.5) is 0 Å². The van der Waals surface area contributed by atoms with Crippen molar-refractivity contribution >= 4 is 5.91 Å². The predicted octanol–water partition coefficient (Wildman–Crippen LogP) is 1.17. The van der Waals surface area contributed by atoms with E-state index in [0.717, 1.165) is 48.1 Å². The van der Waals surface area contributed by atoms with Crippen LogP contribution in [-0.2, 0) is 35.5 Å². The monoisotopic (exact) mass is 344 g/mol. The molecule has 25 heavy (non-hydrogen) atoms. The molecule has 0 saturated carbocycles. The largest absolute Gasteiger partial charge is 0.445 e. The van der Waals surface area contributed by atoms with E-state index in [9.17, 15) is 4.79 Å². The van der Waals surface area contributed by atoms with Gasteiger partial charge in [-0.25, -0.2) is 4.98 Å². The number of aromatic nitrogens is 3. The van der Waals surface area contributed by atoms with Gasteiger partial charge in [0.25, 0.3) is 5.91 Å². The molecule has 5 rings (SSSR count). The Morgan fingerprint density at radius 1 is 1.24 bits per heavy atom. The van der Waals surface area contributed by atoms with Crippen LogP contribution in [0.25, 0.3) is 0 Å². The standard InChI is InChI=1S/C17H20N4O4/c22-17(15-11-9-24-6-3-12(11)19-20-15)21-4-1-14-13(7-21)18-16(25-14)10-2-5-23-8-10/h10H,1-9H2,(H,19,20). The summed E-state index contributed by atoms with van der Waals surface area (Å²) >= 11 is 0. The first kappa shape index (κ1) is 15.1. The van der Waals surface area contributed by atoms with Crippen molar-refractivity contribution in [2.75, 3.05) is 26.4 Å². The van der Waals surface area contributed by atoms with Crippen LogP contribution < -0.4 is 0 Å². The van der Waals surface area contributed by atoms with E-state index < -0.39 is 0 Å². The van der Waals surface area contributed by atoms with Gasteiger partial charge in [0, 0.05) is 37.3 Å². The van der Waals surface area contributed by atoms with E-state index >= 15 is 0 Å². The van der Waals surface area contributed by atoms with Gasteiger partial charge in [-0.2, -0.15) is 5.10 Å². The molecule has 3 aliphatic heterocycles. The van der Waals surface area contributed by atoms with E-state index in [1.165, 1.54) is 0 Å². The number of hydrogen-bond donors (Lipinski definition) is 1. The van der Waals surface area contributed by atoms with Crippen LogP contribution in [0, 0.1) is 0 Å². The number of oxazole rings is 1. The summed E-state index contributed by atoms with van der Waals surface area (Å²) < 4.78 is 16.8. The van der Waals surface area contributed by atoms with Crippen LogP contribution in [0.2, 0.25) is 0 Å². The van der Waals surface area contributed by atoms with Crippen molar-refractivity contribution in [3.8, 4) is 0 Å². The molecule has 8 nitrogen and oxygen atoms in total. The van der Waals surface area contributed by atoms with Crippen LogP contribution in [0.3, 0.4) is 0 Å². The summed E-state index contributed by atoms with van der Waals surface area (Å²) in [7, 11) is 0. The third-order valence-corrected chi connectivity index (χ3v) is 5.21. The molecule has 1 amide bonds. The van der Waals surface area contributed by atoms with Gasteiger partial charge in [0.15, 0.2) is 11.6 Å². The van der Waals surface area contributed by atoms with Crippen LogP contribution in [-0.4, -0.2) is 52.4 Å². The smallest absolute Gasteiger partial charge is 0.275 e. The number of H-pyrrole nitrogens is 1. The average Bonchev–Trinajstić information content (AvgIpc) is 3.38. The number of amides is 1. The summed E-state index contributed by atoms with van der Waals surface area (Å²) in [4.78, 5) is 19.4. The maximum atomic E-state index is 12.9. The minimum Gasteiger partial charge on any atom is -0.445 e. The molecule has 2 aromatic rings. The molecule has 0 aliphatic carbocycles. The minimum atomic E-state index is -0.0672. The zero-order valence-electron chi connectivity index (χ0n) is 13.9. The molecule has 132 valence electrons. The second kappa shape index (κ2) is 5.96. The molecule has 8 heteroatoms. The van der Waals surface area contributed by atoms with Crippen molar-refractivity contribution in [2.24, 2.45) is 0 Å². The fourth-order valence-electron chi connectivity index (χ4n) is 3.73. The molecule has 1 N–H and O–H groups in total. The van der Waals surface area contributed by atoms with Gasteiger partial charge < -0.3 is 18.8 Å². The second-order valence-corrected chi connectivity index (χ2v) is 6.79. The molecule has 1 atom stereocenters. The van der Waals surface area contributed by atoms with Gasteiger partial charge in [-0.05, 0) is 6.42 Å². The molecule has 2 aromatic heterocycles. The van der Waals surface area contributed by atoms with Gasteiger partial charge in [0.2, 0.25) is 0 Å². The predicted molar refractivity (Wildman–Crippen MR) is 85.1 cm³/mol. The van der Waals surface area contributed by atoms with E-state index in [-0.39, 0.29) is 11.8 Å². The van der Waals surface area contributed by atoms with Crippen LogP contribution >= 0.6 is 0 Å². The Morgan fingerprint density at radius 3 is 3.08 bits per heavy atom. The highest BCUT2D eigenvalue weighted by atomic mass is 16.5. The molecule has 0 aromatic carbocycles. The molecule has 0 radical (unpaired) electrons. The molecule has 0 bridgehead atoms. The number of aromatic amines is 1. The van der Waals surface area contributed by atoms with Crippen molar-refractivity contribution in [3.63, 3.8) is 0 Å². The molecule has 0 spiro atoms. The molecule has 1 fully saturated rings. The molecule has 1 unspecified atom stereocenters. The van der Waals surface area contributed by atoms with Crippen LogP contribution in [0.1, 0.15) is 51.4 Å². The SMILES string of the molecule is O=C(c1n[nH]c2c1COCC2)N1CCc2oc(C3CCOC3)nc2C1. The minimum absolute atomic E-state index is 0.0672. The van der Waals surface area contributed by atoms with Crippen molar-refractivity contribution < 1.29 is 18.7 Å². The maximum Gasteiger partial charge on any atom is 0.275 e. The summed E-state index contributed by atoms with van der Waals surface area (Å²) in [5, 5.41) is 7.22. The maximum absolute atomic E-state index is 12.9. The Balaban J connectivity index is 1.36. The number of carbonyl (C=O) groups is 1. The van der Waals surface area contributed by atoms with Crippen molar-refractivity contribution in [2.45, 2.75) is 38.3 Å². The first-order chi connectivity index (χ1) is 12.3. The third kappa shape index (κ3) is 2.56. The highest BCUT2D eigenvalue weighted by molar-refractivity contribution is 5.94. The van der Waals surface area contributed by atoms with E-state index in [1.54, 1.807) is 4.90 Å². The van der Waals surface area contributed by atoms with E-state index in [4.69, 9.17) is 13.9 Å². The van der Waals surface area contributed by atoms with Gasteiger partial charge in [-0.15, -0.1) is 0 Å². The number of nitrogens with one attached hydrogen (secondary N) is 1. The van der Waals surface area contributed by atoms with E-state index in [2.05, 4.69) is 15.2 Å². The fourth-order valence-corrected chi connectivity index (χ4v) is 3.73. The molecule has 3 aliphatic rings. The first-order valence-corrected chi connectivity index (χ1v) is 8.79. The number of nitrogens with zero attached hydrogens (tertiary/aromatic N) is 3. The van der Waals surface area contributed by atoms with Crippen LogP contribution in [0.15, 0.2) is 4.42 Å². The Morgan fingerprint density at radius 2 is 2.20 bits per heavy atom. The second-order valence-electron chi connectivity index (χ2n) is 6.79. The number of carbonyl (C=O) groups excluding carboxylic acids is 1. The quantitative estimate of drug-likeness (QED) is 0.879. The molecule has 5 heterocycles. The number of ether oxygens (including phenoxy) is 2. The number of hydrogen-bond acceptors (Lipinski definition) is 6. The normalized spacial score (nSPS) is 22.7. The molecular weight excluding hydrogens is 324 g/mol. The highest BCUT2D eigenvalue weighted by Crippen LogP contribution is 2.29. The number of fused-ring (bicyclic) bond motifs is 2. The van der Waals surface area contributed by atoms with E-state index in [0.29, 0.717) is 45.0 Å². The average molecular weight is 344 g/mol. The summed E-state index contributed by atoms with van der Waals surface area (Å²) in [6.45, 7) is 3.62. The summed E-state index contributed by atoms with van der Waals surface area (Å²) in [6.07, 6.45) is 2.40. The van der Waals surface area contributed by atoms with Gasteiger partial charge in [-0.3, -0.25) is 9.89 Å². The van der Waals surface area contributed by atoms with E-state index in [1.807, 2.05) is 0 Å². The van der Waals surface area contributed by atoms with Gasteiger partial charge in [-0.1, -0.05) is 0 Å². The topological polar surface area (TPSA) is 93.5 Å². The lowest BCUT2D eigenvalue weighted by atomic mass is 10.1. The highest BCUT2D eigenvalue weighted by Gasteiger charge is 2.32. The number of rotatable bonds is 2. The fraction of sp³-hybridized carbons (Fsp3) is 0.588. The van der Waals surface area contributed by atoms with Gasteiger partial charge >= 0.3 is 0 Å². The van der Waals surface area contributed by atoms with Crippen molar-refractivity contribution in [1.82, 2.24) is 20.1 Å². The summed E-state index contributed by atoms with van der Waals surface area (Å²) in [6, 6.07) is 0. The Hall–Kier alpha value is -2.19. The Bertz CT molecular complexity index is 806. The first-order valence-electron chi connectivity index (χ1n) is 8.79. The zero-order chi connectivity index (χ0) is 16.8. The van der Waals surface area contributed by atoms with Gasteiger partial charge in [0.1, 0.15) is 11.5 Å². The van der Waals surface area contributed by atoms with Crippen LogP contribution in [0.5, 0.6) is 0 Å². The molecular formula is C17H20N4O4. The summed E-state index contributed by atoms with van der Waals surface area (Å²) in [5.74, 6) is 1.83. The Labute approximate surface area is 144 Å². The third-order valence-electron chi connectivity index (χ3n) is 5.21. The van der Waals surface area contributed by atoms with Gasteiger partial charge in [0.05, 0.1) is 32.3 Å². The van der Waals surface area contributed by atoms with Crippen molar-refractivity contribution in [1.29, 1.82) is 0 Å². The molecule has 1 saturated heterocycles. The lowest BCUT2D eigenvalue weighted by molar-refractivity contribution is 0.0709.